The van der Waals surface area contributed by atoms with Gasteiger partial charge < -0.3 is 4.42 Å². The lowest BCUT2D eigenvalue weighted by atomic mass is 10.0. The fourth-order valence-corrected chi connectivity index (χ4v) is 3.09. The van der Waals surface area contributed by atoms with Crippen LogP contribution >= 0.6 is 23.2 Å². The molecule has 1 unspecified atom stereocenters. The van der Waals surface area contributed by atoms with Crippen LogP contribution < -0.4 is 0 Å². The van der Waals surface area contributed by atoms with Crippen LogP contribution in [0.15, 0.2) is 39.9 Å². The summed E-state index contributed by atoms with van der Waals surface area (Å²) in [6.07, 6.45) is 0.549. The predicted molar refractivity (Wildman–Crippen MR) is 86.3 cm³/mol. The summed E-state index contributed by atoms with van der Waals surface area (Å²) in [4.78, 5) is 11.9. The highest BCUT2D eigenvalue weighted by Gasteiger charge is 2.33. The summed E-state index contributed by atoms with van der Waals surface area (Å²) in [6.45, 7) is 3.35. The Balaban J connectivity index is 1.97. The first-order chi connectivity index (χ1) is 10.5. The molecule has 0 saturated heterocycles. The van der Waals surface area contributed by atoms with Crippen molar-refractivity contribution < 1.29 is 9.21 Å². The number of furan rings is 1. The quantitative estimate of drug-likeness (QED) is 0.804. The summed E-state index contributed by atoms with van der Waals surface area (Å²) in [5, 5.41) is 6.94. The number of carbonyl (C=O) groups excluding carboxylic acids is 1. The van der Waals surface area contributed by atoms with E-state index in [1.165, 1.54) is 11.9 Å². The lowest BCUT2D eigenvalue weighted by molar-refractivity contribution is -0.130. The molecule has 22 heavy (non-hydrogen) atoms. The highest BCUT2D eigenvalue weighted by atomic mass is 35.5. The highest BCUT2D eigenvalue weighted by molar-refractivity contribution is 6.35. The van der Waals surface area contributed by atoms with Crippen molar-refractivity contribution in [3.05, 3.63) is 57.5 Å². The molecule has 1 amide bonds. The number of aryl methyl sites for hydroxylation is 1. The second-order valence-electron chi connectivity index (χ2n) is 5.21. The van der Waals surface area contributed by atoms with Crippen LogP contribution in [0.2, 0.25) is 10.0 Å². The van der Waals surface area contributed by atoms with Gasteiger partial charge in [-0.25, -0.2) is 5.01 Å². The van der Waals surface area contributed by atoms with Crippen molar-refractivity contribution in [1.29, 1.82) is 0 Å². The third-order valence-corrected chi connectivity index (χ3v) is 4.14. The molecule has 0 fully saturated rings. The van der Waals surface area contributed by atoms with E-state index in [-0.39, 0.29) is 11.9 Å². The van der Waals surface area contributed by atoms with Gasteiger partial charge in [0.2, 0.25) is 5.91 Å². The number of halogens is 2. The molecule has 114 valence electrons. The minimum atomic E-state index is -0.248. The summed E-state index contributed by atoms with van der Waals surface area (Å²) in [6, 6.07) is 8.75. The second kappa shape index (κ2) is 5.78. The molecule has 6 heteroatoms. The molecule has 0 spiro atoms. The summed E-state index contributed by atoms with van der Waals surface area (Å²) in [7, 11) is 0. The van der Waals surface area contributed by atoms with Gasteiger partial charge in [0.1, 0.15) is 17.2 Å². The molecule has 1 atom stereocenters. The molecule has 0 aliphatic carbocycles. The number of hydrogen-bond acceptors (Lipinski definition) is 3. The minimum absolute atomic E-state index is 0.144. The Morgan fingerprint density at radius 2 is 2.09 bits per heavy atom. The smallest absolute Gasteiger partial charge is 0.240 e. The Hall–Kier alpha value is -1.78. The Bertz CT molecular complexity index is 767. The summed E-state index contributed by atoms with van der Waals surface area (Å²) in [5.41, 5.74) is 1.56. The molecule has 3 rings (SSSR count). The average molecular weight is 337 g/mol. The second-order valence-corrected chi connectivity index (χ2v) is 6.05. The van der Waals surface area contributed by atoms with Crippen molar-refractivity contribution in [1.82, 2.24) is 5.01 Å². The SMILES string of the molecule is CC(=O)N1N=C(c2ccc(C)o2)CC1c1ccc(Cl)cc1Cl. The molecule has 1 aromatic carbocycles. The molecule has 1 aromatic heterocycles. The maximum absolute atomic E-state index is 11.9. The fourth-order valence-electron chi connectivity index (χ4n) is 2.55. The van der Waals surface area contributed by atoms with E-state index < -0.39 is 0 Å². The van der Waals surface area contributed by atoms with E-state index >= 15 is 0 Å². The van der Waals surface area contributed by atoms with Gasteiger partial charge in [0.15, 0.2) is 0 Å². The van der Waals surface area contributed by atoms with Crippen LogP contribution in [0.3, 0.4) is 0 Å². The van der Waals surface area contributed by atoms with Gasteiger partial charge in [0.05, 0.1) is 6.04 Å². The fraction of sp³-hybridized carbons (Fsp3) is 0.250. The topological polar surface area (TPSA) is 45.8 Å². The first-order valence-corrected chi connectivity index (χ1v) is 7.60. The zero-order valence-electron chi connectivity index (χ0n) is 12.1. The number of rotatable bonds is 2. The van der Waals surface area contributed by atoms with Crippen LogP contribution in [0.5, 0.6) is 0 Å². The predicted octanol–water partition coefficient (Wildman–Crippen LogP) is 4.59. The maximum Gasteiger partial charge on any atom is 0.240 e. The Kier molecular flexibility index (Phi) is 3.98. The van der Waals surface area contributed by atoms with Crippen molar-refractivity contribution in [2.75, 3.05) is 0 Å². The van der Waals surface area contributed by atoms with E-state index in [0.717, 1.165) is 17.0 Å². The van der Waals surface area contributed by atoms with E-state index in [1.54, 1.807) is 12.1 Å². The lowest BCUT2D eigenvalue weighted by Gasteiger charge is -2.21. The molecular weight excluding hydrogens is 323 g/mol. The van der Waals surface area contributed by atoms with Gasteiger partial charge in [-0.1, -0.05) is 29.3 Å². The van der Waals surface area contributed by atoms with Crippen molar-refractivity contribution in [2.24, 2.45) is 5.10 Å². The van der Waals surface area contributed by atoms with Crippen molar-refractivity contribution in [3.63, 3.8) is 0 Å². The van der Waals surface area contributed by atoms with Gasteiger partial charge in [-0.3, -0.25) is 4.79 Å². The van der Waals surface area contributed by atoms with Crippen LogP contribution in [-0.2, 0) is 4.79 Å². The normalized spacial score (nSPS) is 17.7. The van der Waals surface area contributed by atoms with E-state index in [4.69, 9.17) is 27.6 Å². The third-order valence-electron chi connectivity index (χ3n) is 3.58. The zero-order chi connectivity index (χ0) is 15.9. The average Bonchev–Trinajstić information content (AvgIpc) is 3.05. The molecule has 1 aliphatic rings. The number of hydrazone groups is 1. The van der Waals surface area contributed by atoms with Gasteiger partial charge in [-0.05, 0) is 36.8 Å². The highest BCUT2D eigenvalue weighted by Crippen LogP contribution is 2.37. The molecule has 2 heterocycles. The minimum Gasteiger partial charge on any atom is -0.460 e. The first-order valence-electron chi connectivity index (χ1n) is 6.84. The van der Waals surface area contributed by atoms with E-state index in [0.29, 0.717) is 22.2 Å². The van der Waals surface area contributed by atoms with Crippen molar-refractivity contribution in [3.8, 4) is 0 Å². The van der Waals surface area contributed by atoms with Gasteiger partial charge in [0, 0.05) is 23.4 Å². The van der Waals surface area contributed by atoms with Crippen LogP contribution in [0, 0.1) is 6.92 Å². The number of carbonyl (C=O) groups is 1. The number of benzene rings is 1. The molecule has 0 N–H and O–H groups in total. The van der Waals surface area contributed by atoms with E-state index in [9.17, 15) is 4.79 Å². The van der Waals surface area contributed by atoms with Crippen molar-refractivity contribution in [2.45, 2.75) is 26.3 Å². The number of nitrogens with zero attached hydrogens (tertiary/aromatic N) is 2. The third kappa shape index (κ3) is 2.76. The maximum atomic E-state index is 11.9. The molecule has 1 aliphatic heterocycles. The van der Waals surface area contributed by atoms with E-state index in [2.05, 4.69) is 5.10 Å². The molecule has 2 aromatic rings. The van der Waals surface area contributed by atoms with E-state index in [1.807, 2.05) is 25.1 Å². The van der Waals surface area contributed by atoms with Crippen LogP contribution in [0.25, 0.3) is 0 Å². The summed E-state index contributed by atoms with van der Waals surface area (Å²) in [5.74, 6) is 1.34. The van der Waals surface area contributed by atoms with Crippen LogP contribution in [0.1, 0.15) is 36.5 Å². The monoisotopic (exact) mass is 336 g/mol. The molecule has 0 saturated carbocycles. The van der Waals surface area contributed by atoms with Crippen molar-refractivity contribution >= 4 is 34.8 Å². The first kappa shape index (κ1) is 15.1. The summed E-state index contributed by atoms with van der Waals surface area (Å²) >= 11 is 12.2. The standard InChI is InChI=1S/C16H14Cl2N2O2/c1-9-3-6-16(22-9)14-8-15(20(19-14)10(2)21)12-5-4-11(17)7-13(12)18/h3-7,15H,8H2,1-2H3. The Labute approximate surface area is 138 Å². The molecule has 0 bridgehead atoms. The number of hydrogen-bond donors (Lipinski definition) is 0. The number of amides is 1. The lowest BCUT2D eigenvalue weighted by Crippen LogP contribution is -2.24. The summed E-state index contributed by atoms with van der Waals surface area (Å²) < 4.78 is 5.61. The molecule has 0 radical (unpaired) electrons. The van der Waals surface area contributed by atoms with Gasteiger partial charge >= 0.3 is 0 Å². The van der Waals surface area contributed by atoms with Gasteiger partial charge in [0.25, 0.3) is 0 Å². The largest absolute Gasteiger partial charge is 0.460 e. The van der Waals surface area contributed by atoms with Crippen LogP contribution in [0.4, 0.5) is 0 Å². The molecule has 4 nitrogen and oxygen atoms in total. The van der Waals surface area contributed by atoms with Crippen LogP contribution in [-0.4, -0.2) is 16.6 Å². The van der Waals surface area contributed by atoms with Gasteiger partial charge in [-0.15, -0.1) is 0 Å². The Morgan fingerprint density at radius 1 is 1.32 bits per heavy atom. The zero-order valence-corrected chi connectivity index (χ0v) is 13.6. The van der Waals surface area contributed by atoms with Gasteiger partial charge in [-0.2, -0.15) is 5.10 Å². The Morgan fingerprint density at radius 3 is 2.68 bits per heavy atom. The molecular formula is C16H14Cl2N2O2.